The van der Waals surface area contributed by atoms with E-state index in [0.29, 0.717) is 23.2 Å². The Morgan fingerprint density at radius 2 is 1.45 bits per heavy atom. The van der Waals surface area contributed by atoms with E-state index in [1.807, 2.05) is 14.7 Å². The van der Waals surface area contributed by atoms with Gasteiger partial charge in [0.1, 0.15) is 11.4 Å². The van der Waals surface area contributed by atoms with Crippen LogP contribution in [0.25, 0.3) is 0 Å². The molecule has 3 saturated heterocycles. The SMILES string of the molecule is O=C1C=C(N2CC2)C(=O)C(N2CC2)=C1N1CC1.O=[N+]([O-])c1ccc(OP(O)O)c([N+](=O)[O-])c1. The van der Waals surface area contributed by atoms with E-state index in [4.69, 9.17) is 9.79 Å². The van der Waals surface area contributed by atoms with Gasteiger partial charge in [-0.15, -0.1) is 0 Å². The van der Waals surface area contributed by atoms with Crippen molar-refractivity contribution in [1.29, 1.82) is 0 Å². The Bertz CT molecular complexity index is 1110. The maximum absolute atomic E-state index is 12.4. The highest BCUT2D eigenvalue weighted by atomic mass is 31.2. The van der Waals surface area contributed by atoms with E-state index < -0.39 is 35.6 Å². The van der Waals surface area contributed by atoms with Crippen LogP contribution in [0.4, 0.5) is 11.4 Å². The summed E-state index contributed by atoms with van der Waals surface area (Å²) in [4.78, 5) is 66.7. The normalized spacial score (nSPS) is 18.6. The van der Waals surface area contributed by atoms with Gasteiger partial charge >= 0.3 is 14.3 Å². The highest BCUT2D eigenvalue weighted by Crippen LogP contribution is 2.38. The first kappa shape index (κ1) is 22.6. The molecule has 0 radical (unpaired) electrons. The van der Waals surface area contributed by atoms with Gasteiger partial charge in [-0.05, 0) is 6.07 Å². The molecule has 0 spiro atoms. The summed E-state index contributed by atoms with van der Waals surface area (Å²) in [7, 11) is -2.82. The number of non-ortho nitro benzene ring substituents is 1. The molecule has 1 aromatic rings. The van der Waals surface area contributed by atoms with Crippen LogP contribution < -0.4 is 4.52 Å². The highest BCUT2D eigenvalue weighted by molar-refractivity contribution is 7.39. The van der Waals surface area contributed by atoms with Crippen molar-refractivity contribution in [2.24, 2.45) is 0 Å². The number of carbonyl (C=O) groups is 2. The van der Waals surface area contributed by atoms with Crippen LogP contribution in [-0.4, -0.2) is 85.2 Å². The van der Waals surface area contributed by atoms with Crippen LogP contribution >= 0.6 is 8.60 Å². The molecule has 0 atom stereocenters. The molecule has 14 nitrogen and oxygen atoms in total. The van der Waals surface area contributed by atoms with E-state index in [-0.39, 0.29) is 11.6 Å². The first-order valence-electron chi connectivity index (χ1n) is 9.76. The van der Waals surface area contributed by atoms with Crippen molar-refractivity contribution in [3.8, 4) is 5.75 Å². The number of allylic oxidation sites excluding steroid dienone is 1. The Kier molecular flexibility index (Phi) is 5.97. The Morgan fingerprint density at radius 3 is 1.94 bits per heavy atom. The number of carbonyl (C=O) groups excluding carboxylic acids is 2. The molecule has 3 fully saturated rings. The van der Waals surface area contributed by atoms with Crippen molar-refractivity contribution in [2.45, 2.75) is 0 Å². The zero-order valence-corrected chi connectivity index (χ0v) is 17.9. The molecule has 1 aromatic carbocycles. The predicted octanol–water partition coefficient (Wildman–Crippen LogP) is 0.274. The van der Waals surface area contributed by atoms with E-state index in [1.54, 1.807) is 0 Å². The van der Waals surface area contributed by atoms with Crippen LogP contribution in [0, 0.1) is 20.2 Å². The van der Waals surface area contributed by atoms with Gasteiger partial charge in [-0.25, -0.2) is 0 Å². The first-order chi connectivity index (χ1) is 15.7. The van der Waals surface area contributed by atoms with Gasteiger partial charge in [0.2, 0.25) is 17.3 Å². The number of hydrogen-bond acceptors (Lipinski definition) is 12. The van der Waals surface area contributed by atoms with Gasteiger partial charge in [-0.2, -0.15) is 0 Å². The van der Waals surface area contributed by atoms with Crippen molar-refractivity contribution in [3.05, 3.63) is 61.6 Å². The fraction of sp³-hybridized carbons (Fsp3) is 0.333. The third-order valence-electron chi connectivity index (χ3n) is 5.02. The lowest BCUT2D eigenvalue weighted by atomic mass is 10.0. The monoisotopic (exact) mass is 479 g/mol. The second-order valence-electron chi connectivity index (χ2n) is 7.39. The predicted molar refractivity (Wildman–Crippen MR) is 112 cm³/mol. The third-order valence-corrected chi connectivity index (χ3v) is 5.38. The smallest absolute Gasteiger partial charge is 0.391 e. The first-order valence-corrected chi connectivity index (χ1v) is 10.9. The molecule has 0 bridgehead atoms. The van der Waals surface area contributed by atoms with Crippen molar-refractivity contribution < 1.29 is 33.7 Å². The van der Waals surface area contributed by atoms with E-state index in [2.05, 4.69) is 4.52 Å². The number of Topliss-reactive ketones (excluding diaryl/α,β-unsaturated/α-hetero) is 1. The molecule has 2 N–H and O–H groups in total. The molecule has 174 valence electrons. The number of rotatable bonds is 7. The lowest BCUT2D eigenvalue weighted by Gasteiger charge is -2.21. The van der Waals surface area contributed by atoms with E-state index in [1.165, 1.54) is 6.08 Å². The van der Waals surface area contributed by atoms with Gasteiger partial charge in [0.25, 0.3) is 5.69 Å². The zero-order valence-electron chi connectivity index (χ0n) is 17.0. The molecule has 0 amide bonds. The van der Waals surface area contributed by atoms with Crippen LogP contribution in [0.2, 0.25) is 0 Å². The molecule has 33 heavy (non-hydrogen) atoms. The number of benzene rings is 1. The van der Waals surface area contributed by atoms with Gasteiger partial charge in [0.05, 0.1) is 21.6 Å². The minimum atomic E-state index is -2.82. The topological polar surface area (TPSA) is 179 Å². The number of ketones is 2. The standard InChI is InChI=1S/C12H13N3O2.C6H5N2O7P/c16-9-7-8(13-1-2-13)12(17)11(15-5-6-15)10(9)14-3-4-14;9-7(10)4-1-2-6(15-16(13)14)5(3-4)8(11)12/h7H,1-6H2;1-3,13-14H. The third kappa shape index (κ3) is 5.08. The molecular weight excluding hydrogens is 461 g/mol. The quantitative estimate of drug-likeness (QED) is 0.180. The molecule has 3 heterocycles. The molecule has 15 heteroatoms. The van der Waals surface area contributed by atoms with Gasteiger partial charge in [-0.1, -0.05) is 0 Å². The van der Waals surface area contributed by atoms with Crippen LogP contribution in [0.15, 0.2) is 41.4 Å². The minimum Gasteiger partial charge on any atom is -0.420 e. The number of nitro groups is 2. The average Bonchev–Trinajstić information content (AvgIpc) is 3.61. The summed E-state index contributed by atoms with van der Waals surface area (Å²) >= 11 is 0. The van der Waals surface area contributed by atoms with Crippen LogP contribution in [0.1, 0.15) is 0 Å². The summed E-state index contributed by atoms with van der Waals surface area (Å²) in [5.41, 5.74) is 0.696. The lowest BCUT2D eigenvalue weighted by Crippen LogP contribution is -2.29. The number of nitrogens with zero attached hydrogens (tertiary/aromatic N) is 5. The minimum absolute atomic E-state index is 0.00546. The van der Waals surface area contributed by atoms with Gasteiger partial charge in [0.15, 0.2) is 0 Å². The molecular formula is C18H18N5O9P. The lowest BCUT2D eigenvalue weighted by molar-refractivity contribution is -0.394. The maximum Gasteiger partial charge on any atom is 0.391 e. The summed E-state index contributed by atoms with van der Waals surface area (Å²) in [5.74, 6) is -0.390. The Labute approximate surface area is 187 Å². The summed E-state index contributed by atoms with van der Waals surface area (Å²) in [6.45, 7) is 5.41. The second kappa shape index (κ2) is 8.73. The molecule has 0 saturated carbocycles. The van der Waals surface area contributed by atoms with E-state index in [0.717, 1.165) is 51.4 Å². The van der Waals surface area contributed by atoms with Crippen LogP contribution in [0.5, 0.6) is 5.75 Å². The van der Waals surface area contributed by atoms with E-state index >= 15 is 0 Å². The molecule has 1 aliphatic carbocycles. The van der Waals surface area contributed by atoms with Gasteiger partial charge < -0.3 is 29.0 Å². The number of nitro benzene ring substituents is 2. The van der Waals surface area contributed by atoms with Gasteiger partial charge in [0, 0.05) is 51.4 Å². The van der Waals surface area contributed by atoms with Crippen LogP contribution in [-0.2, 0) is 9.59 Å². The summed E-state index contributed by atoms with van der Waals surface area (Å²) in [6.07, 6.45) is 1.52. The maximum atomic E-state index is 12.4. The molecule has 0 unspecified atom stereocenters. The second-order valence-corrected chi connectivity index (χ2v) is 8.08. The fourth-order valence-electron chi connectivity index (χ4n) is 3.20. The van der Waals surface area contributed by atoms with Crippen molar-refractivity contribution in [2.75, 3.05) is 39.3 Å². The fourth-order valence-corrected chi connectivity index (χ4v) is 3.53. The molecule has 0 aromatic heterocycles. The number of hydrogen-bond donors (Lipinski definition) is 2. The Balaban J connectivity index is 0.000000158. The largest absolute Gasteiger partial charge is 0.420 e. The summed E-state index contributed by atoms with van der Waals surface area (Å²) < 4.78 is 4.35. The molecule has 5 rings (SSSR count). The van der Waals surface area contributed by atoms with Crippen molar-refractivity contribution >= 4 is 31.5 Å². The summed E-state index contributed by atoms with van der Waals surface area (Å²) in [5, 5.41) is 20.9. The summed E-state index contributed by atoms with van der Waals surface area (Å²) in [6, 6.07) is 2.56. The molecule has 3 aliphatic heterocycles. The molecule has 4 aliphatic rings. The van der Waals surface area contributed by atoms with Crippen LogP contribution in [0.3, 0.4) is 0 Å². The van der Waals surface area contributed by atoms with Crippen molar-refractivity contribution in [1.82, 2.24) is 14.7 Å². The van der Waals surface area contributed by atoms with Gasteiger partial charge in [-0.3, -0.25) is 29.8 Å². The average molecular weight is 479 g/mol. The van der Waals surface area contributed by atoms with E-state index in [9.17, 15) is 29.8 Å². The Morgan fingerprint density at radius 1 is 0.879 bits per heavy atom. The Hall–Kier alpha value is -3.61. The zero-order chi connectivity index (χ0) is 23.9. The highest BCUT2D eigenvalue weighted by Gasteiger charge is 2.43. The van der Waals surface area contributed by atoms with Crippen molar-refractivity contribution in [3.63, 3.8) is 0 Å².